The fraction of sp³-hybridized carbons (Fsp3) is 0.522. The van der Waals surface area contributed by atoms with E-state index >= 15 is 0 Å². The molecule has 3 unspecified atom stereocenters. The molecule has 2 aromatic rings. The average molecular weight is 425 g/mol. The number of nitriles is 1. The highest BCUT2D eigenvalue weighted by Gasteiger charge is 2.37. The van der Waals surface area contributed by atoms with Gasteiger partial charge >= 0.3 is 0 Å². The fourth-order valence-electron chi connectivity index (χ4n) is 4.40. The van der Waals surface area contributed by atoms with Gasteiger partial charge < -0.3 is 25.1 Å². The van der Waals surface area contributed by atoms with E-state index in [4.69, 9.17) is 9.47 Å². The molecule has 164 valence electrons. The number of benzene rings is 1. The van der Waals surface area contributed by atoms with E-state index in [1.165, 1.54) is 0 Å². The summed E-state index contributed by atoms with van der Waals surface area (Å²) in [6.07, 6.45) is 5.31. The lowest BCUT2D eigenvalue weighted by molar-refractivity contribution is -0.127. The minimum absolute atomic E-state index is 0.133. The van der Waals surface area contributed by atoms with E-state index in [0.717, 1.165) is 43.0 Å². The van der Waals surface area contributed by atoms with Crippen LogP contribution in [0.25, 0.3) is 10.9 Å². The molecular weight excluding hydrogens is 396 g/mol. The van der Waals surface area contributed by atoms with E-state index in [0.29, 0.717) is 23.6 Å². The molecule has 1 aromatic heterocycles. The topological polar surface area (TPSA) is 116 Å². The lowest BCUT2D eigenvalue weighted by atomic mass is 9.83. The third-order valence-electron chi connectivity index (χ3n) is 6.32. The monoisotopic (exact) mass is 424 g/mol. The number of carbonyl (C=O) groups excluding carboxylic acids is 2. The van der Waals surface area contributed by atoms with Gasteiger partial charge in [0.2, 0.25) is 5.91 Å². The first-order valence-corrected chi connectivity index (χ1v) is 10.8. The van der Waals surface area contributed by atoms with Gasteiger partial charge in [-0.15, -0.1) is 0 Å². The lowest BCUT2D eigenvalue weighted by Gasteiger charge is -2.31. The molecule has 1 heterocycles. The summed E-state index contributed by atoms with van der Waals surface area (Å²) in [7, 11) is 3.15. The Kier molecular flexibility index (Phi) is 6.03. The summed E-state index contributed by atoms with van der Waals surface area (Å²) in [6, 6.07) is 6.84. The minimum Gasteiger partial charge on any atom is -0.497 e. The van der Waals surface area contributed by atoms with Crippen LogP contribution in [0, 0.1) is 23.2 Å². The molecule has 31 heavy (non-hydrogen) atoms. The predicted octanol–water partition coefficient (Wildman–Crippen LogP) is 2.89. The first-order chi connectivity index (χ1) is 15.0. The molecule has 2 fully saturated rings. The van der Waals surface area contributed by atoms with E-state index in [9.17, 15) is 14.9 Å². The van der Waals surface area contributed by atoms with Gasteiger partial charge in [0, 0.05) is 23.6 Å². The van der Waals surface area contributed by atoms with Crippen molar-refractivity contribution in [2.75, 3.05) is 14.2 Å². The van der Waals surface area contributed by atoms with Crippen LogP contribution >= 0.6 is 0 Å². The maximum absolute atomic E-state index is 13.0. The number of aromatic amines is 1. The number of amides is 2. The summed E-state index contributed by atoms with van der Waals surface area (Å²) in [5.74, 6) is 0.787. The molecule has 0 saturated heterocycles. The molecule has 8 nitrogen and oxygen atoms in total. The Hall–Kier alpha value is -3.21. The second-order valence-electron chi connectivity index (χ2n) is 8.40. The third-order valence-corrected chi connectivity index (χ3v) is 6.32. The van der Waals surface area contributed by atoms with Crippen LogP contribution in [0.1, 0.15) is 49.0 Å². The molecule has 3 atom stereocenters. The molecule has 3 N–H and O–H groups in total. The normalized spacial score (nSPS) is 21.7. The van der Waals surface area contributed by atoms with Crippen LogP contribution in [0.4, 0.5) is 0 Å². The number of nitrogens with one attached hydrogen (secondary N) is 3. The standard InChI is InChI=1S/C23H28N4O4/c1-30-14-9-18-16(21(10-14)31-2)11-19(25-18)23(29)26-17-6-4-3-5-15(17)22(28)27-20(12-24)13-7-8-13/h9-11,13,15,17,20,25H,3-8H2,1-2H3,(H,26,29)(H,27,28). The number of rotatable bonds is 7. The summed E-state index contributed by atoms with van der Waals surface area (Å²) in [5.41, 5.74) is 1.14. The number of hydrogen-bond donors (Lipinski definition) is 3. The maximum Gasteiger partial charge on any atom is 0.267 e. The summed E-state index contributed by atoms with van der Waals surface area (Å²) >= 11 is 0. The lowest BCUT2D eigenvalue weighted by Crippen LogP contribution is -2.50. The zero-order chi connectivity index (χ0) is 22.0. The van der Waals surface area contributed by atoms with E-state index in [1.54, 1.807) is 26.4 Å². The van der Waals surface area contributed by atoms with Gasteiger partial charge in [0.05, 0.1) is 31.7 Å². The quantitative estimate of drug-likeness (QED) is 0.632. The minimum atomic E-state index is -0.429. The molecule has 0 spiro atoms. The van der Waals surface area contributed by atoms with E-state index in [2.05, 4.69) is 21.7 Å². The van der Waals surface area contributed by atoms with Crippen molar-refractivity contribution in [2.24, 2.45) is 11.8 Å². The van der Waals surface area contributed by atoms with Crippen molar-refractivity contribution in [2.45, 2.75) is 50.6 Å². The summed E-state index contributed by atoms with van der Waals surface area (Å²) in [5, 5.41) is 16.1. The largest absolute Gasteiger partial charge is 0.497 e. The smallest absolute Gasteiger partial charge is 0.267 e. The second kappa shape index (κ2) is 8.88. The van der Waals surface area contributed by atoms with Gasteiger partial charge in [-0.25, -0.2) is 0 Å². The zero-order valence-corrected chi connectivity index (χ0v) is 17.9. The van der Waals surface area contributed by atoms with E-state index in [1.807, 2.05) is 6.07 Å². The van der Waals surface area contributed by atoms with Gasteiger partial charge in [-0.1, -0.05) is 12.8 Å². The Morgan fingerprint density at radius 1 is 1.13 bits per heavy atom. The van der Waals surface area contributed by atoms with Gasteiger partial charge in [-0.2, -0.15) is 5.26 Å². The Labute approximate surface area is 181 Å². The Morgan fingerprint density at radius 3 is 2.58 bits per heavy atom. The second-order valence-corrected chi connectivity index (χ2v) is 8.40. The van der Waals surface area contributed by atoms with Crippen LogP contribution in [0.5, 0.6) is 11.5 Å². The van der Waals surface area contributed by atoms with Gasteiger partial charge in [0.1, 0.15) is 23.2 Å². The number of aromatic nitrogens is 1. The number of carbonyl (C=O) groups is 2. The van der Waals surface area contributed by atoms with Gasteiger partial charge in [-0.3, -0.25) is 9.59 Å². The van der Waals surface area contributed by atoms with Crippen molar-refractivity contribution in [1.29, 1.82) is 5.26 Å². The van der Waals surface area contributed by atoms with Crippen molar-refractivity contribution in [1.82, 2.24) is 15.6 Å². The van der Waals surface area contributed by atoms with Crippen molar-refractivity contribution in [3.63, 3.8) is 0 Å². The van der Waals surface area contributed by atoms with Gasteiger partial charge in [0.25, 0.3) is 5.91 Å². The zero-order valence-electron chi connectivity index (χ0n) is 17.9. The van der Waals surface area contributed by atoms with Crippen molar-refractivity contribution in [3.05, 3.63) is 23.9 Å². The predicted molar refractivity (Wildman–Crippen MR) is 115 cm³/mol. The van der Waals surface area contributed by atoms with Crippen LogP contribution in [-0.4, -0.2) is 43.1 Å². The summed E-state index contributed by atoms with van der Waals surface area (Å²) < 4.78 is 10.7. The van der Waals surface area contributed by atoms with Crippen molar-refractivity contribution >= 4 is 22.7 Å². The van der Waals surface area contributed by atoms with Gasteiger partial charge in [-0.05, 0) is 37.7 Å². The molecule has 0 radical (unpaired) electrons. The Morgan fingerprint density at radius 2 is 1.90 bits per heavy atom. The van der Waals surface area contributed by atoms with Crippen LogP contribution in [0.2, 0.25) is 0 Å². The number of ether oxygens (including phenoxy) is 2. The van der Waals surface area contributed by atoms with Crippen LogP contribution < -0.4 is 20.1 Å². The van der Waals surface area contributed by atoms with Crippen LogP contribution in [-0.2, 0) is 4.79 Å². The van der Waals surface area contributed by atoms with Gasteiger partial charge in [0.15, 0.2) is 0 Å². The Balaban J connectivity index is 1.49. The van der Waals surface area contributed by atoms with Crippen molar-refractivity contribution < 1.29 is 19.1 Å². The molecule has 1 aromatic carbocycles. The van der Waals surface area contributed by atoms with Crippen LogP contribution in [0.3, 0.4) is 0 Å². The molecule has 0 aliphatic heterocycles. The molecule has 2 saturated carbocycles. The highest BCUT2D eigenvalue weighted by atomic mass is 16.5. The molecular formula is C23H28N4O4. The number of nitrogens with zero attached hydrogens (tertiary/aromatic N) is 1. The van der Waals surface area contributed by atoms with Crippen molar-refractivity contribution in [3.8, 4) is 17.6 Å². The molecule has 2 amide bonds. The summed E-state index contributed by atoms with van der Waals surface area (Å²) in [4.78, 5) is 29.0. The number of methoxy groups -OCH3 is 2. The highest BCUT2D eigenvalue weighted by Crippen LogP contribution is 2.34. The average Bonchev–Trinajstić information content (AvgIpc) is 3.54. The number of hydrogen-bond acceptors (Lipinski definition) is 5. The fourth-order valence-corrected chi connectivity index (χ4v) is 4.40. The number of fused-ring (bicyclic) bond motifs is 1. The van der Waals surface area contributed by atoms with E-state index < -0.39 is 6.04 Å². The molecule has 8 heteroatoms. The Bertz CT molecular complexity index is 1020. The molecule has 2 aliphatic rings. The highest BCUT2D eigenvalue weighted by molar-refractivity contribution is 6.00. The summed E-state index contributed by atoms with van der Waals surface area (Å²) in [6.45, 7) is 0. The first-order valence-electron chi connectivity index (χ1n) is 10.8. The third kappa shape index (κ3) is 4.46. The number of H-pyrrole nitrogens is 1. The molecule has 4 rings (SSSR count). The maximum atomic E-state index is 13.0. The molecule has 2 aliphatic carbocycles. The van der Waals surface area contributed by atoms with E-state index in [-0.39, 0.29) is 29.7 Å². The first kappa shape index (κ1) is 21.0. The SMILES string of the molecule is COc1cc(OC)c2cc(C(=O)NC3CCCCC3C(=O)NC(C#N)C3CC3)[nH]c2c1. The van der Waals surface area contributed by atoms with Crippen LogP contribution in [0.15, 0.2) is 18.2 Å². The molecule has 0 bridgehead atoms.